The summed E-state index contributed by atoms with van der Waals surface area (Å²) in [6, 6.07) is 5.72. The van der Waals surface area contributed by atoms with Crippen LogP contribution >= 0.6 is 0 Å². The number of morpholine rings is 1. The quantitative estimate of drug-likeness (QED) is 0.920. The highest BCUT2D eigenvalue weighted by Gasteiger charge is 2.35. The third-order valence-electron chi connectivity index (χ3n) is 4.46. The fraction of sp³-hybridized carbons (Fsp3) is 0.625. The van der Waals surface area contributed by atoms with Gasteiger partial charge in [0.2, 0.25) is 0 Å². The number of nitrogens with zero attached hydrogens (tertiary/aromatic N) is 1. The zero-order chi connectivity index (χ0) is 13.9. The van der Waals surface area contributed by atoms with Crippen molar-refractivity contribution in [2.45, 2.75) is 44.4 Å². The lowest BCUT2D eigenvalue weighted by Gasteiger charge is -2.45. The predicted molar refractivity (Wildman–Crippen MR) is 78.5 cm³/mol. The maximum atomic E-state index is 14.4. The molecule has 1 aliphatic carbocycles. The first-order valence-electron chi connectivity index (χ1n) is 7.61. The maximum absolute atomic E-state index is 14.4. The van der Waals surface area contributed by atoms with E-state index in [2.05, 4.69) is 10.2 Å². The van der Waals surface area contributed by atoms with Gasteiger partial charge in [0.05, 0.1) is 24.4 Å². The zero-order valence-electron chi connectivity index (χ0n) is 12.1. The van der Waals surface area contributed by atoms with Gasteiger partial charge in [-0.15, -0.1) is 0 Å². The average Bonchev–Trinajstić information content (AvgIpc) is 2.48. The third kappa shape index (κ3) is 2.54. The smallest absolute Gasteiger partial charge is 0.146 e. The van der Waals surface area contributed by atoms with Gasteiger partial charge in [-0.3, -0.25) is 0 Å². The van der Waals surface area contributed by atoms with Crippen molar-refractivity contribution in [3.8, 4) is 0 Å². The summed E-state index contributed by atoms with van der Waals surface area (Å²) in [5.41, 5.74) is 1.82. The molecule has 1 aromatic rings. The number of para-hydroxylation sites is 1. The van der Waals surface area contributed by atoms with Crippen molar-refractivity contribution in [2.24, 2.45) is 0 Å². The molecule has 0 amide bonds. The summed E-state index contributed by atoms with van der Waals surface area (Å²) in [4.78, 5) is 2.26. The van der Waals surface area contributed by atoms with Crippen LogP contribution in [-0.4, -0.2) is 32.3 Å². The Morgan fingerprint density at radius 1 is 1.35 bits per heavy atom. The van der Waals surface area contributed by atoms with E-state index in [0.29, 0.717) is 19.2 Å². The van der Waals surface area contributed by atoms with Crippen molar-refractivity contribution in [1.82, 2.24) is 5.32 Å². The summed E-state index contributed by atoms with van der Waals surface area (Å²) in [7, 11) is 1.90. The van der Waals surface area contributed by atoms with Crippen molar-refractivity contribution in [1.29, 1.82) is 0 Å². The van der Waals surface area contributed by atoms with E-state index >= 15 is 0 Å². The maximum Gasteiger partial charge on any atom is 0.146 e. The van der Waals surface area contributed by atoms with Gasteiger partial charge in [0.15, 0.2) is 0 Å². The molecule has 2 atom stereocenters. The number of ether oxygens (including phenoxy) is 1. The molecule has 2 fully saturated rings. The minimum absolute atomic E-state index is 0.107. The molecule has 3 rings (SSSR count). The molecular formula is C16H23FN2O. The van der Waals surface area contributed by atoms with Crippen LogP contribution in [0.15, 0.2) is 18.2 Å². The minimum atomic E-state index is -0.107. The van der Waals surface area contributed by atoms with E-state index in [9.17, 15) is 4.39 Å². The number of halogens is 1. The minimum Gasteiger partial charge on any atom is -0.374 e. The lowest BCUT2D eigenvalue weighted by molar-refractivity contribution is -0.00897. The molecular weight excluding hydrogens is 255 g/mol. The van der Waals surface area contributed by atoms with Crippen LogP contribution in [0.1, 0.15) is 31.2 Å². The van der Waals surface area contributed by atoms with Crippen LogP contribution < -0.4 is 10.2 Å². The fourth-order valence-corrected chi connectivity index (χ4v) is 3.59. The van der Waals surface area contributed by atoms with Crippen LogP contribution in [0, 0.1) is 5.82 Å². The SMILES string of the molecule is CNCc1cccc(F)c1N1CCOC2CCCCC21. The zero-order valence-corrected chi connectivity index (χ0v) is 12.1. The highest BCUT2D eigenvalue weighted by Crippen LogP contribution is 2.35. The largest absolute Gasteiger partial charge is 0.374 e. The van der Waals surface area contributed by atoms with Gasteiger partial charge < -0.3 is 15.0 Å². The lowest BCUT2D eigenvalue weighted by atomic mass is 9.89. The first kappa shape index (κ1) is 13.8. The molecule has 0 spiro atoms. The molecule has 2 aliphatic rings. The Bertz CT molecular complexity index is 464. The van der Waals surface area contributed by atoms with Crippen molar-refractivity contribution >= 4 is 5.69 Å². The Kier molecular flexibility index (Phi) is 4.22. The molecule has 1 saturated carbocycles. The van der Waals surface area contributed by atoms with Crippen molar-refractivity contribution in [2.75, 3.05) is 25.1 Å². The van der Waals surface area contributed by atoms with Crippen LogP contribution in [-0.2, 0) is 11.3 Å². The highest BCUT2D eigenvalue weighted by atomic mass is 19.1. The van der Waals surface area contributed by atoms with Gasteiger partial charge in [0, 0.05) is 13.1 Å². The Morgan fingerprint density at radius 3 is 3.05 bits per heavy atom. The monoisotopic (exact) mass is 278 g/mol. The summed E-state index contributed by atoms with van der Waals surface area (Å²) in [5, 5.41) is 3.14. The van der Waals surface area contributed by atoms with Gasteiger partial charge >= 0.3 is 0 Å². The second kappa shape index (κ2) is 6.10. The van der Waals surface area contributed by atoms with E-state index in [1.807, 2.05) is 13.1 Å². The molecule has 1 N–H and O–H groups in total. The van der Waals surface area contributed by atoms with Gasteiger partial charge in [0.1, 0.15) is 5.82 Å². The predicted octanol–water partition coefficient (Wildman–Crippen LogP) is 2.69. The molecule has 110 valence electrons. The van der Waals surface area contributed by atoms with Crippen LogP contribution in [0.5, 0.6) is 0 Å². The molecule has 0 radical (unpaired) electrons. The van der Waals surface area contributed by atoms with Crippen LogP contribution in [0.2, 0.25) is 0 Å². The highest BCUT2D eigenvalue weighted by molar-refractivity contribution is 5.56. The summed E-state index contributed by atoms with van der Waals surface area (Å²) in [5.74, 6) is -0.107. The van der Waals surface area contributed by atoms with Gasteiger partial charge in [-0.05, 0) is 31.5 Å². The van der Waals surface area contributed by atoms with E-state index in [1.165, 1.54) is 12.8 Å². The summed E-state index contributed by atoms with van der Waals surface area (Å²) in [6.45, 7) is 2.19. The van der Waals surface area contributed by atoms with Gasteiger partial charge in [-0.2, -0.15) is 0 Å². The Balaban J connectivity index is 1.94. The van der Waals surface area contributed by atoms with E-state index in [4.69, 9.17) is 4.74 Å². The molecule has 3 nitrogen and oxygen atoms in total. The molecule has 0 bridgehead atoms. The Hall–Kier alpha value is -1.13. The second-order valence-corrected chi connectivity index (χ2v) is 5.73. The lowest BCUT2D eigenvalue weighted by Crippen LogP contribution is -2.53. The number of hydrogen-bond acceptors (Lipinski definition) is 3. The summed E-state index contributed by atoms with van der Waals surface area (Å²) < 4.78 is 20.3. The second-order valence-electron chi connectivity index (χ2n) is 5.73. The Labute approximate surface area is 120 Å². The molecule has 1 saturated heterocycles. The van der Waals surface area contributed by atoms with Crippen molar-refractivity contribution in [3.63, 3.8) is 0 Å². The van der Waals surface area contributed by atoms with Gasteiger partial charge in [-0.1, -0.05) is 25.0 Å². The topological polar surface area (TPSA) is 24.5 Å². The molecule has 0 aromatic heterocycles. The van der Waals surface area contributed by atoms with Gasteiger partial charge in [0.25, 0.3) is 0 Å². The van der Waals surface area contributed by atoms with E-state index in [-0.39, 0.29) is 11.9 Å². The molecule has 1 aromatic carbocycles. The van der Waals surface area contributed by atoms with Crippen LogP contribution in [0.25, 0.3) is 0 Å². The average molecular weight is 278 g/mol. The number of rotatable bonds is 3. The molecule has 1 aliphatic heterocycles. The first-order chi connectivity index (χ1) is 9.81. The Morgan fingerprint density at radius 2 is 2.20 bits per heavy atom. The molecule has 2 unspecified atom stereocenters. The first-order valence-corrected chi connectivity index (χ1v) is 7.61. The fourth-order valence-electron chi connectivity index (χ4n) is 3.59. The van der Waals surface area contributed by atoms with Crippen molar-refractivity contribution < 1.29 is 9.13 Å². The molecule has 1 heterocycles. The van der Waals surface area contributed by atoms with Gasteiger partial charge in [-0.25, -0.2) is 4.39 Å². The van der Waals surface area contributed by atoms with Crippen LogP contribution in [0.3, 0.4) is 0 Å². The number of hydrogen-bond donors (Lipinski definition) is 1. The summed E-state index contributed by atoms with van der Waals surface area (Å²) in [6.07, 6.45) is 4.95. The number of fused-ring (bicyclic) bond motifs is 1. The third-order valence-corrected chi connectivity index (χ3v) is 4.46. The number of benzene rings is 1. The van der Waals surface area contributed by atoms with E-state index in [1.54, 1.807) is 12.1 Å². The normalized spacial score (nSPS) is 26.4. The number of nitrogens with one attached hydrogen (secondary N) is 1. The molecule has 20 heavy (non-hydrogen) atoms. The van der Waals surface area contributed by atoms with Crippen molar-refractivity contribution in [3.05, 3.63) is 29.6 Å². The van der Waals surface area contributed by atoms with E-state index in [0.717, 1.165) is 30.6 Å². The van der Waals surface area contributed by atoms with E-state index < -0.39 is 0 Å². The summed E-state index contributed by atoms with van der Waals surface area (Å²) >= 11 is 0. The molecule has 4 heteroatoms. The number of anilines is 1. The van der Waals surface area contributed by atoms with Crippen LogP contribution in [0.4, 0.5) is 10.1 Å². The standard InChI is InChI=1S/C16H23FN2O/c1-18-11-12-5-4-6-13(17)16(12)19-9-10-20-15-8-3-2-7-14(15)19/h4-6,14-15,18H,2-3,7-11H2,1H3.